The predicted octanol–water partition coefficient (Wildman–Crippen LogP) is 2.85. The Balaban J connectivity index is 0.00000192. The Bertz CT molecular complexity index is 547. The minimum absolute atomic E-state index is 0. The van der Waals surface area contributed by atoms with Crippen LogP contribution in [0.3, 0.4) is 0 Å². The number of fused-ring (bicyclic) bond motifs is 1. The molecule has 2 heterocycles. The smallest absolute Gasteiger partial charge is 0.260 e. The molecular formula is C16H21BrClFN2O2. The van der Waals surface area contributed by atoms with Crippen LogP contribution in [0.15, 0.2) is 22.7 Å². The van der Waals surface area contributed by atoms with Crippen molar-refractivity contribution in [2.24, 2.45) is 11.8 Å². The molecule has 0 aromatic heterocycles. The van der Waals surface area contributed by atoms with Crippen LogP contribution in [0, 0.1) is 17.7 Å². The maximum atomic E-state index is 13.7. The summed E-state index contributed by atoms with van der Waals surface area (Å²) >= 11 is 3.20. The van der Waals surface area contributed by atoms with Gasteiger partial charge in [-0.2, -0.15) is 0 Å². The van der Waals surface area contributed by atoms with Crippen LogP contribution in [0.25, 0.3) is 0 Å². The summed E-state index contributed by atoms with van der Waals surface area (Å²) in [7, 11) is 0. The third kappa shape index (κ3) is 4.58. The van der Waals surface area contributed by atoms with Gasteiger partial charge in [-0.1, -0.05) is 15.9 Å². The fourth-order valence-electron chi connectivity index (χ4n) is 3.29. The van der Waals surface area contributed by atoms with Gasteiger partial charge < -0.3 is 15.0 Å². The van der Waals surface area contributed by atoms with Crippen molar-refractivity contribution in [3.05, 3.63) is 28.5 Å². The largest absolute Gasteiger partial charge is 0.481 e. The van der Waals surface area contributed by atoms with Crippen molar-refractivity contribution in [2.75, 3.05) is 32.8 Å². The van der Waals surface area contributed by atoms with E-state index in [-0.39, 0.29) is 30.7 Å². The number of ether oxygens (including phenoxy) is 1. The SMILES string of the molecule is Cl.O=C(COc1ccc(Br)cc1F)N1CC[C@@H]2CNC[C@@H]2CC1. The van der Waals surface area contributed by atoms with Gasteiger partial charge in [-0.05, 0) is 56.0 Å². The lowest BCUT2D eigenvalue weighted by atomic mass is 9.92. The highest BCUT2D eigenvalue weighted by molar-refractivity contribution is 9.10. The summed E-state index contributed by atoms with van der Waals surface area (Å²) in [6.45, 7) is 3.56. The van der Waals surface area contributed by atoms with Crippen molar-refractivity contribution < 1.29 is 13.9 Å². The molecule has 0 bridgehead atoms. The quantitative estimate of drug-likeness (QED) is 0.838. The number of amides is 1. The Kier molecular flexibility index (Phi) is 6.68. The summed E-state index contributed by atoms with van der Waals surface area (Å²) in [6, 6.07) is 4.56. The predicted molar refractivity (Wildman–Crippen MR) is 92.5 cm³/mol. The van der Waals surface area contributed by atoms with Crippen LogP contribution in [-0.2, 0) is 4.79 Å². The van der Waals surface area contributed by atoms with Crippen LogP contribution < -0.4 is 10.1 Å². The van der Waals surface area contributed by atoms with Gasteiger partial charge in [0.2, 0.25) is 0 Å². The second-order valence-electron chi connectivity index (χ2n) is 6.00. The van der Waals surface area contributed by atoms with E-state index in [2.05, 4.69) is 21.2 Å². The van der Waals surface area contributed by atoms with Gasteiger partial charge in [-0.25, -0.2) is 4.39 Å². The lowest BCUT2D eigenvalue weighted by Gasteiger charge is -2.21. The number of halogens is 3. The molecule has 0 spiro atoms. The van der Waals surface area contributed by atoms with E-state index in [9.17, 15) is 9.18 Å². The fraction of sp³-hybridized carbons (Fsp3) is 0.562. The Hall–Kier alpha value is -0.850. The van der Waals surface area contributed by atoms with Crippen LogP contribution >= 0.6 is 28.3 Å². The van der Waals surface area contributed by atoms with E-state index in [4.69, 9.17) is 4.74 Å². The number of nitrogens with one attached hydrogen (secondary N) is 1. The van der Waals surface area contributed by atoms with Crippen molar-refractivity contribution in [3.8, 4) is 5.75 Å². The first-order valence-corrected chi connectivity index (χ1v) is 8.49. The van der Waals surface area contributed by atoms with Crippen LogP contribution in [0.2, 0.25) is 0 Å². The minimum Gasteiger partial charge on any atom is -0.481 e. The first-order chi connectivity index (χ1) is 10.6. The van der Waals surface area contributed by atoms with Crippen LogP contribution in [0.1, 0.15) is 12.8 Å². The summed E-state index contributed by atoms with van der Waals surface area (Å²) in [6.07, 6.45) is 2.08. The lowest BCUT2D eigenvalue weighted by molar-refractivity contribution is -0.133. The number of rotatable bonds is 3. The summed E-state index contributed by atoms with van der Waals surface area (Å²) in [4.78, 5) is 14.1. The molecule has 1 N–H and O–H groups in total. The fourth-order valence-corrected chi connectivity index (χ4v) is 3.62. The van der Waals surface area contributed by atoms with Gasteiger partial charge in [-0.15, -0.1) is 12.4 Å². The zero-order valence-electron chi connectivity index (χ0n) is 12.8. The van der Waals surface area contributed by atoms with E-state index in [0.717, 1.165) is 39.0 Å². The highest BCUT2D eigenvalue weighted by Gasteiger charge is 2.31. The van der Waals surface area contributed by atoms with Gasteiger partial charge in [0.1, 0.15) is 0 Å². The number of carbonyl (C=O) groups excluding carboxylic acids is 1. The minimum atomic E-state index is -0.460. The highest BCUT2D eigenvalue weighted by Crippen LogP contribution is 2.27. The summed E-state index contributed by atoms with van der Waals surface area (Å²) in [5.41, 5.74) is 0. The number of hydrogen-bond acceptors (Lipinski definition) is 3. The molecule has 1 aromatic rings. The molecule has 3 rings (SSSR count). The zero-order valence-corrected chi connectivity index (χ0v) is 15.2. The molecule has 2 aliphatic heterocycles. The van der Waals surface area contributed by atoms with Crippen molar-refractivity contribution in [1.82, 2.24) is 10.2 Å². The van der Waals surface area contributed by atoms with E-state index in [0.29, 0.717) is 16.3 Å². The van der Waals surface area contributed by atoms with E-state index < -0.39 is 5.82 Å². The third-order valence-electron chi connectivity index (χ3n) is 4.62. The second kappa shape index (κ2) is 8.31. The number of nitrogens with zero attached hydrogens (tertiary/aromatic N) is 1. The molecule has 2 saturated heterocycles. The van der Waals surface area contributed by atoms with Crippen molar-refractivity contribution in [1.29, 1.82) is 0 Å². The van der Waals surface area contributed by atoms with E-state index in [1.807, 2.05) is 4.90 Å². The van der Waals surface area contributed by atoms with Gasteiger partial charge in [-0.3, -0.25) is 4.79 Å². The van der Waals surface area contributed by atoms with Gasteiger partial charge in [0.05, 0.1) is 0 Å². The molecule has 0 radical (unpaired) electrons. The Morgan fingerprint density at radius 3 is 2.57 bits per heavy atom. The number of likely N-dealkylation sites (tertiary alicyclic amines) is 1. The molecule has 1 amide bonds. The highest BCUT2D eigenvalue weighted by atomic mass is 79.9. The molecule has 128 valence electrons. The van der Waals surface area contributed by atoms with Crippen LogP contribution in [0.4, 0.5) is 4.39 Å². The van der Waals surface area contributed by atoms with Crippen molar-refractivity contribution in [3.63, 3.8) is 0 Å². The molecule has 2 fully saturated rings. The molecular weight excluding hydrogens is 387 g/mol. The third-order valence-corrected chi connectivity index (χ3v) is 5.11. The average molecular weight is 408 g/mol. The molecule has 4 nitrogen and oxygen atoms in total. The van der Waals surface area contributed by atoms with Crippen LogP contribution in [0.5, 0.6) is 5.75 Å². The zero-order chi connectivity index (χ0) is 15.5. The van der Waals surface area contributed by atoms with Crippen molar-refractivity contribution >= 4 is 34.2 Å². The normalized spacial score (nSPS) is 23.7. The molecule has 2 atom stereocenters. The maximum Gasteiger partial charge on any atom is 0.260 e. The summed E-state index contributed by atoms with van der Waals surface area (Å²) < 4.78 is 19.7. The molecule has 2 aliphatic rings. The number of benzene rings is 1. The van der Waals surface area contributed by atoms with E-state index in [1.54, 1.807) is 6.07 Å². The monoisotopic (exact) mass is 406 g/mol. The Labute approximate surface area is 150 Å². The molecule has 7 heteroatoms. The van der Waals surface area contributed by atoms with Gasteiger partial charge in [0.25, 0.3) is 5.91 Å². The standard InChI is InChI=1S/C16H20BrFN2O2.ClH/c17-13-1-2-15(14(18)7-13)22-10-16(21)20-5-3-11-8-19-9-12(11)4-6-20;/h1-2,7,11-12,19H,3-6,8-10H2;1H/t11-,12+;. The van der Waals surface area contributed by atoms with E-state index in [1.165, 1.54) is 12.1 Å². The number of hydrogen-bond donors (Lipinski definition) is 1. The maximum absolute atomic E-state index is 13.7. The molecule has 0 unspecified atom stereocenters. The molecule has 0 aliphatic carbocycles. The first kappa shape index (κ1) is 18.5. The van der Waals surface area contributed by atoms with E-state index >= 15 is 0 Å². The Morgan fingerprint density at radius 1 is 1.30 bits per heavy atom. The molecule has 1 aromatic carbocycles. The van der Waals surface area contributed by atoms with Gasteiger partial charge >= 0.3 is 0 Å². The topological polar surface area (TPSA) is 41.6 Å². The van der Waals surface area contributed by atoms with Gasteiger partial charge in [0.15, 0.2) is 18.2 Å². The summed E-state index contributed by atoms with van der Waals surface area (Å²) in [5.74, 6) is 0.964. The lowest BCUT2D eigenvalue weighted by Crippen LogP contribution is -2.36. The van der Waals surface area contributed by atoms with Gasteiger partial charge in [0, 0.05) is 17.6 Å². The van der Waals surface area contributed by atoms with Crippen LogP contribution in [-0.4, -0.2) is 43.6 Å². The second-order valence-corrected chi connectivity index (χ2v) is 6.92. The first-order valence-electron chi connectivity index (χ1n) is 7.70. The molecule has 0 saturated carbocycles. The average Bonchev–Trinajstić information content (AvgIpc) is 2.85. The van der Waals surface area contributed by atoms with Crippen molar-refractivity contribution in [2.45, 2.75) is 12.8 Å². The Morgan fingerprint density at radius 2 is 1.96 bits per heavy atom. The molecule has 23 heavy (non-hydrogen) atoms. The summed E-state index contributed by atoms with van der Waals surface area (Å²) in [5, 5.41) is 3.42. The number of carbonyl (C=O) groups is 1.